The first-order valence-corrected chi connectivity index (χ1v) is 4.85. The van der Waals surface area contributed by atoms with Crippen molar-refractivity contribution < 1.29 is 14.7 Å². The number of amides is 1. The number of carbonyl (C=O) groups is 2. The number of carboxylic acids is 1. The van der Waals surface area contributed by atoms with Gasteiger partial charge in [-0.15, -0.1) is 11.3 Å². The van der Waals surface area contributed by atoms with Crippen molar-refractivity contribution in [2.75, 3.05) is 0 Å². The van der Waals surface area contributed by atoms with Crippen molar-refractivity contribution in [1.82, 2.24) is 10.3 Å². The molecule has 0 aliphatic rings. The lowest BCUT2D eigenvalue weighted by Gasteiger charge is -2.09. The number of nitrogens with one attached hydrogen (secondary N) is 1. The summed E-state index contributed by atoms with van der Waals surface area (Å²) in [5.74, 6) is -0.961. The number of nitrogens with zero attached hydrogens (tertiary/aromatic N) is 1. The number of thiazole rings is 1. The lowest BCUT2D eigenvalue weighted by molar-refractivity contribution is -0.137. The number of carboxylic acid groups (broad SMARTS) is 1. The summed E-state index contributed by atoms with van der Waals surface area (Å²) in [5, 5.41) is 13.5. The summed E-state index contributed by atoms with van der Waals surface area (Å²) < 4.78 is 0. The Bertz CT molecular complexity index is 337. The molecular formula is C8H10N2O3S. The summed E-state index contributed by atoms with van der Waals surface area (Å²) in [5.41, 5.74) is 0.827. The Morgan fingerprint density at radius 2 is 2.57 bits per heavy atom. The molecule has 1 heterocycles. The van der Waals surface area contributed by atoms with E-state index in [0.29, 0.717) is 11.4 Å². The van der Waals surface area contributed by atoms with Crippen LogP contribution in [0, 0.1) is 6.92 Å². The second kappa shape index (κ2) is 4.71. The SMILES string of the molecule is Cc1csc([C@H](CC(=O)O)NC=O)n1. The average Bonchev–Trinajstić information content (AvgIpc) is 2.50. The third kappa shape index (κ3) is 2.81. The van der Waals surface area contributed by atoms with Gasteiger partial charge in [-0.25, -0.2) is 4.98 Å². The van der Waals surface area contributed by atoms with E-state index in [-0.39, 0.29) is 6.42 Å². The minimum atomic E-state index is -0.961. The van der Waals surface area contributed by atoms with Crippen LogP contribution in [0.5, 0.6) is 0 Å². The van der Waals surface area contributed by atoms with E-state index in [1.165, 1.54) is 11.3 Å². The molecule has 0 radical (unpaired) electrons. The number of aryl methyl sites for hydroxylation is 1. The Morgan fingerprint density at radius 3 is 3.00 bits per heavy atom. The predicted molar refractivity (Wildman–Crippen MR) is 51.0 cm³/mol. The van der Waals surface area contributed by atoms with E-state index >= 15 is 0 Å². The Kier molecular flexibility index (Phi) is 3.58. The molecule has 1 aromatic heterocycles. The Labute approximate surface area is 84.8 Å². The molecule has 1 rings (SSSR count). The molecule has 2 N–H and O–H groups in total. The van der Waals surface area contributed by atoms with Gasteiger partial charge in [0.15, 0.2) is 0 Å². The molecule has 14 heavy (non-hydrogen) atoms. The summed E-state index contributed by atoms with van der Waals surface area (Å²) >= 11 is 1.34. The van der Waals surface area contributed by atoms with Gasteiger partial charge in [-0.05, 0) is 6.92 Å². The minimum absolute atomic E-state index is 0.147. The van der Waals surface area contributed by atoms with Gasteiger partial charge in [0.25, 0.3) is 0 Å². The Hall–Kier alpha value is -1.43. The molecule has 0 fully saturated rings. The number of aromatic nitrogens is 1. The molecule has 1 aromatic rings. The zero-order valence-electron chi connectivity index (χ0n) is 7.56. The van der Waals surface area contributed by atoms with Crippen molar-refractivity contribution in [2.24, 2.45) is 0 Å². The van der Waals surface area contributed by atoms with Crippen LogP contribution in [-0.2, 0) is 9.59 Å². The normalized spacial score (nSPS) is 12.1. The standard InChI is InChI=1S/C8H10N2O3S/c1-5-3-14-8(10-5)6(9-4-11)2-7(12)13/h3-4,6H,2H2,1H3,(H,9,11)(H,12,13)/t6-/m0/s1. The molecule has 76 valence electrons. The highest BCUT2D eigenvalue weighted by atomic mass is 32.1. The van der Waals surface area contributed by atoms with E-state index in [4.69, 9.17) is 5.11 Å². The first-order valence-electron chi connectivity index (χ1n) is 3.97. The van der Waals surface area contributed by atoms with E-state index in [2.05, 4.69) is 10.3 Å². The predicted octanol–water partition coefficient (Wildman–Crippen LogP) is 0.713. The quantitative estimate of drug-likeness (QED) is 0.707. The van der Waals surface area contributed by atoms with Crippen LogP contribution in [0.15, 0.2) is 5.38 Å². The van der Waals surface area contributed by atoms with Crippen molar-refractivity contribution in [3.05, 3.63) is 16.1 Å². The molecule has 6 heteroatoms. The fraction of sp³-hybridized carbons (Fsp3) is 0.375. The molecule has 0 unspecified atom stereocenters. The third-order valence-electron chi connectivity index (χ3n) is 1.58. The van der Waals surface area contributed by atoms with Crippen molar-refractivity contribution in [1.29, 1.82) is 0 Å². The van der Waals surface area contributed by atoms with E-state index in [1.807, 2.05) is 12.3 Å². The summed E-state index contributed by atoms with van der Waals surface area (Å²) in [6, 6.07) is -0.524. The van der Waals surface area contributed by atoms with Crippen molar-refractivity contribution >= 4 is 23.7 Å². The maximum absolute atomic E-state index is 10.5. The first-order chi connectivity index (χ1) is 6.63. The van der Waals surface area contributed by atoms with Crippen LogP contribution in [-0.4, -0.2) is 22.5 Å². The van der Waals surface area contributed by atoms with Crippen molar-refractivity contribution in [2.45, 2.75) is 19.4 Å². The lowest BCUT2D eigenvalue weighted by atomic mass is 10.2. The topological polar surface area (TPSA) is 79.3 Å². The summed E-state index contributed by atoms with van der Waals surface area (Å²) in [6.45, 7) is 1.82. The van der Waals surface area contributed by atoms with E-state index in [1.54, 1.807) is 0 Å². The molecule has 0 bridgehead atoms. The number of carbonyl (C=O) groups excluding carboxylic acids is 1. The van der Waals surface area contributed by atoms with E-state index < -0.39 is 12.0 Å². The van der Waals surface area contributed by atoms with Crippen LogP contribution >= 0.6 is 11.3 Å². The van der Waals surface area contributed by atoms with Gasteiger partial charge in [0.2, 0.25) is 6.41 Å². The van der Waals surface area contributed by atoms with Gasteiger partial charge in [-0.1, -0.05) is 0 Å². The minimum Gasteiger partial charge on any atom is -0.481 e. The smallest absolute Gasteiger partial charge is 0.305 e. The number of hydrogen-bond acceptors (Lipinski definition) is 4. The van der Waals surface area contributed by atoms with Gasteiger partial charge in [0.1, 0.15) is 5.01 Å². The molecule has 0 saturated heterocycles. The third-order valence-corrected chi connectivity index (χ3v) is 2.66. The van der Waals surface area contributed by atoms with Gasteiger partial charge in [0.05, 0.1) is 12.5 Å². The highest BCUT2D eigenvalue weighted by Crippen LogP contribution is 2.20. The Balaban J connectivity index is 2.76. The highest BCUT2D eigenvalue weighted by Gasteiger charge is 2.17. The van der Waals surface area contributed by atoms with Crippen molar-refractivity contribution in [3.8, 4) is 0 Å². The number of rotatable bonds is 5. The fourth-order valence-corrected chi connectivity index (χ4v) is 1.86. The largest absolute Gasteiger partial charge is 0.481 e. The summed E-state index contributed by atoms with van der Waals surface area (Å²) in [7, 11) is 0. The van der Waals surface area contributed by atoms with Crippen LogP contribution in [0.2, 0.25) is 0 Å². The van der Waals surface area contributed by atoms with Crippen molar-refractivity contribution in [3.63, 3.8) is 0 Å². The van der Waals surface area contributed by atoms with Crippen LogP contribution in [0.1, 0.15) is 23.2 Å². The van der Waals surface area contributed by atoms with Crippen LogP contribution in [0.25, 0.3) is 0 Å². The fourth-order valence-electron chi connectivity index (χ4n) is 1.01. The molecule has 0 spiro atoms. The molecule has 0 aliphatic heterocycles. The molecule has 5 nitrogen and oxygen atoms in total. The van der Waals surface area contributed by atoms with E-state index in [9.17, 15) is 9.59 Å². The Morgan fingerprint density at radius 1 is 1.86 bits per heavy atom. The first kappa shape index (κ1) is 10.6. The maximum Gasteiger partial charge on any atom is 0.305 e. The van der Waals surface area contributed by atoms with Gasteiger partial charge in [-0.3, -0.25) is 9.59 Å². The molecule has 1 amide bonds. The molecule has 1 atom stereocenters. The summed E-state index contributed by atoms with van der Waals surface area (Å²) in [6.07, 6.45) is 0.343. The monoisotopic (exact) mass is 214 g/mol. The second-order valence-corrected chi connectivity index (χ2v) is 3.65. The lowest BCUT2D eigenvalue weighted by Crippen LogP contribution is -2.22. The van der Waals surface area contributed by atoms with Crippen LogP contribution < -0.4 is 5.32 Å². The molecule has 0 saturated carbocycles. The zero-order valence-corrected chi connectivity index (χ0v) is 8.37. The maximum atomic E-state index is 10.5. The second-order valence-electron chi connectivity index (χ2n) is 2.76. The highest BCUT2D eigenvalue weighted by molar-refractivity contribution is 7.09. The number of aliphatic carboxylic acids is 1. The van der Waals surface area contributed by atoms with Gasteiger partial charge < -0.3 is 10.4 Å². The van der Waals surface area contributed by atoms with Gasteiger partial charge in [0, 0.05) is 11.1 Å². The number of hydrogen-bond donors (Lipinski definition) is 2. The molecular weight excluding hydrogens is 204 g/mol. The molecule has 0 aromatic carbocycles. The van der Waals surface area contributed by atoms with Gasteiger partial charge >= 0.3 is 5.97 Å². The zero-order chi connectivity index (χ0) is 10.6. The van der Waals surface area contributed by atoms with Crippen LogP contribution in [0.4, 0.5) is 0 Å². The average molecular weight is 214 g/mol. The van der Waals surface area contributed by atoms with E-state index in [0.717, 1.165) is 5.69 Å². The van der Waals surface area contributed by atoms with Gasteiger partial charge in [-0.2, -0.15) is 0 Å². The summed E-state index contributed by atoms with van der Waals surface area (Å²) in [4.78, 5) is 24.9. The molecule has 0 aliphatic carbocycles. The van der Waals surface area contributed by atoms with Crippen LogP contribution in [0.3, 0.4) is 0 Å².